The van der Waals surface area contributed by atoms with Gasteiger partial charge in [-0.05, 0) is 25.7 Å². The van der Waals surface area contributed by atoms with Gasteiger partial charge >= 0.3 is 0 Å². The van der Waals surface area contributed by atoms with Gasteiger partial charge in [-0.1, -0.05) is 27.7 Å². The minimum Gasteiger partial charge on any atom is -0.378 e. The lowest BCUT2D eigenvalue weighted by Gasteiger charge is -2.19. The van der Waals surface area contributed by atoms with Crippen LogP contribution in [0.4, 0.5) is 5.13 Å². The van der Waals surface area contributed by atoms with Crippen molar-refractivity contribution in [1.82, 2.24) is 9.36 Å². The summed E-state index contributed by atoms with van der Waals surface area (Å²) in [5.41, 5.74) is 0.0351. The van der Waals surface area contributed by atoms with Gasteiger partial charge in [0.05, 0.1) is 6.10 Å². The highest BCUT2D eigenvalue weighted by Crippen LogP contribution is 2.27. The molecular weight excluding hydrogens is 270 g/mol. The van der Waals surface area contributed by atoms with E-state index in [-0.39, 0.29) is 5.41 Å². The highest BCUT2D eigenvalue weighted by atomic mass is 32.1. The fourth-order valence-electron chi connectivity index (χ4n) is 2.36. The average Bonchev–Trinajstić information content (AvgIpc) is 2.77. The van der Waals surface area contributed by atoms with E-state index in [4.69, 9.17) is 9.72 Å². The SMILES string of the molecule is CCCOC1CCCN(c2nc(C(C)(C)C)ns2)CC1. The van der Waals surface area contributed by atoms with Gasteiger partial charge in [-0.3, -0.25) is 0 Å². The van der Waals surface area contributed by atoms with Crippen LogP contribution in [0.25, 0.3) is 0 Å². The molecule has 0 amide bonds. The molecule has 20 heavy (non-hydrogen) atoms. The van der Waals surface area contributed by atoms with Gasteiger partial charge in [0.2, 0.25) is 5.13 Å². The third-order valence-electron chi connectivity index (χ3n) is 3.59. The second-order valence-corrected chi connectivity index (χ2v) is 7.29. The third kappa shape index (κ3) is 4.16. The second-order valence-electron chi connectivity index (χ2n) is 6.56. The van der Waals surface area contributed by atoms with E-state index < -0.39 is 0 Å². The summed E-state index contributed by atoms with van der Waals surface area (Å²) >= 11 is 1.54. The molecule has 0 N–H and O–H groups in total. The van der Waals surface area contributed by atoms with E-state index in [0.717, 1.165) is 43.5 Å². The fourth-order valence-corrected chi connectivity index (χ4v) is 3.26. The lowest BCUT2D eigenvalue weighted by molar-refractivity contribution is 0.0461. The summed E-state index contributed by atoms with van der Waals surface area (Å²) in [6.45, 7) is 11.6. The molecule has 1 fully saturated rings. The Kier molecular flexibility index (Phi) is 5.38. The van der Waals surface area contributed by atoms with E-state index in [1.807, 2.05) is 0 Å². The van der Waals surface area contributed by atoms with Crippen LogP contribution in [0.2, 0.25) is 0 Å². The minimum absolute atomic E-state index is 0.0351. The van der Waals surface area contributed by atoms with Crippen LogP contribution in [0, 0.1) is 0 Å². The van der Waals surface area contributed by atoms with E-state index in [9.17, 15) is 0 Å². The van der Waals surface area contributed by atoms with Crippen molar-refractivity contribution in [3.63, 3.8) is 0 Å². The van der Waals surface area contributed by atoms with Gasteiger partial charge in [-0.25, -0.2) is 4.98 Å². The van der Waals surface area contributed by atoms with Crippen LogP contribution < -0.4 is 4.90 Å². The fraction of sp³-hybridized carbons (Fsp3) is 0.867. The largest absolute Gasteiger partial charge is 0.378 e. The summed E-state index contributed by atoms with van der Waals surface area (Å²) in [5.74, 6) is 0.959. The Morgan fingerprint density at radius 1 is 1.30 bits per heavy atom. The summed E-state index contributed by atoms with van der Waals surface area (Å²) in [4.78, 5) is 7.10. The molecule has 1 saturated heterocycles. The first-order chi connectivity index (χ1) is 9.50. The molecule has 1 unspecified atom stereocenters. The zero-order valence-electron chi connectivity index (χ0n) is 13.2. The summed E-state index contributed by atoms with van der Waals surface area (Å²) in [7, 11) is 0. The van der Waals surface area contributed by atoms with Crippen molar-refractivity contribution >= 4 is 16.7 Å². The minimum atomic E-state index is 0.0351. The molecule has 1 aromatic heterocycles. The Hall–Kier alpha value is -0.680. The number of hydrogen-bond acceptors (Lipinski definition) is 5. The standard InChI is InChI=1S/C15H27N3OS/c1-5-11-19-12-7-6-9-18(10-8-12)14-16-13(17-20-14)15(2,3)4/h12H,5-11H2,1-4H3. The first-order valence-corrected chi connectivity index (χ1v) is 8.48. The summed E-state index contributed by atoms with van der Waals surface area (Å²) in [5, 5.41) is 1.08. The topological polar surface area (TPSA) is 38.2 Å². The van der Waals surface area contributed by atoms with Crippen molar-refractivity contribution < 1.29 is 4.74 Å². The molecule has 1 aliphatic rings. The van der Waals surface area contributed by atoms with Crippen molar-refractivity contribution in [2.45, 2.75) is 64.9 Å². The smallest absolute Gasteiger partial charge is 0.205 e. The molecule has 5 heteroatoms. The molecule has 1 atom stereocenters. The Morgan fingerprint density at radius 3 is 2.75 bits per heavy atom. The molecule has 1 aliphatic heterocycles. The molecule has 0 saturated carbocycles. The molecule has 0 aromatic carbocycles. The van der Waals surface area contributed by atoms with Gasteiger partial charge in [-0.2, -0.15) is 4.37 Å². The number of rotatable bonds is 4. The van der Waals surface area contributed by atoms with E-state index in [0.29, 0.717) is 6.10 Å². The molecular formula is C15H27N3OS. The molecule has 0 aliphatic carbocycles. The Bertz CT molecular complexity index is 413. The molecule has 1 aromatic rings. The van der Waals surface area contributed by atoms with Gasteiger partial charge < -0.3 is 9.64 Å². The quantitative estimate of drug-likeness (QED) is 0.851. The molecule has 114 valence electrons. The van der Waals surface area contributed by atoms with Gasteiger partial charge in [0.1, 0.15) is 5.82 Å². The van der Waals surface area contributed by atoms with Crippen LogP contribution in [-0.2, 0) is 10.2 Å². The number of hydrogen-bond donors (Lipinski definition) is 0. The van der Waals surface area contributed by atoms with Gasteiger partial charge in [0.15, 0.2) is 0 Å². The Labute approximate surface area is 126 Å². The van der Waals surface area contributed by atoms with Crippen molar-refractivity contribution in [3.8, 4) is 0 Å². The number of aromatic nitrogens is 2. The van der Waals surface area contributed by atoms with Crippen LogP contribution in [0.15, 0.2) is 0 Å². The summed E-state index contributed by atoms with van der Waals surface area (Å²) in [6.07, 6.45) is 4.98. The maximum absolute atomic E-state index is 5.90. The van der Waals surface area contributed by atoms with Crippen molar-refractivity contribution in [3.05, 3.63) is 5.82 Å². The van der Waals surface area contributed by atoms with E-state index in [2.05, 4.69) is 37.0 Å². The third-order valence-corrected chi connectivity index (χ3v) is 4.37. The average molecular weight is 297 g/mol. The predicted octanol–water partition coefficient (Wildman–Crippen LogP) is 3.62. The van der Waals surface area contributed by atoms with Crippen LogP contribution >= 0.6 is 11.5 Å². The predicted molar refractivity (Wildman–Crippen MR) is 84.7 cm³/mol. The number of ether oxygens (including phenoxy) is 1. The maximum atomic E-state index is 5.90. The lowest BCUT2D eigenvalue weighted by atomic mass is 9.96. The van der Waals surface area contributed by atoms with Gasteiger partial charge in [-0.15, -0.1) is 0 Å². The molecule has 2 rings (SSSR count). The first kappa shape index (κ1) is 15.7. The zero-order chi connectivity index (χ0) is 14.6. The number of nitrogens with zero attached hydrogens (tertiary/aromatic N) is 3. The highest BCUT2D eigenvalue weighted by molar-refractivity contribution is 7.09. The van der Waals surface area contributed by atoms with Crippen molar-refractivity contribution in [1.29, 1.82) is 0 Å². The van der Waals surface area contributed by atoms with Crippen molar-refractivity contribution in [2.24, 2.45) is 0 Å². The van der Waals surface area contributed by atoms with Crippen LogP contribution in [0.1, 0.15) is 59.2 Å². The molecule has 4 nitrogen and oxygen atoms in total. The first-order valence-electron chi connectivity index (χ1n) is 7.71. The lowest BCUT2D eigenvalue weighted by Crippen LogP contribution is -2.25. The summed E-state index contributed by atoms with van der Waals surface area (Å²) < 4.78 is 10.4. The molecule has 0 radical (unpaired) electrons. The normalized spacial score (nSPS) is 21.0. The van der Waals surface area contributed by atoms with Crippen LogP contribution in [-0.4, -0.2) is 35.2 Å². The van der Waals surface area contributed by atoms with E-state index in [1.165, 1.54) is 24.4 Å². The van der Waals surface area contributed by atoms with Gasteiger partial charge in [0, 0.05) is 36.6 Å². The molecule has 0 bridgehead atoms. The molecule has 0 spiro atoms. The highest BCUT2D eigenvalue weighted by Gasteiger charge is 2.23. The summed E-state index contributed by atoms with van der Waals surface area (Å²) in [6, 6.07) is 0. The van der Waals surface area contributed by atoms with Crippen LogP contribution in [0.3, 0.4) is 0 Å². The van der Waals surface area contributed by atoms with E-state index in [1.54, 1.807) is 0 Å². The Morgan fingerprint density at radius 2 is 2.10 bits per heavy atom. The van der Waals surface area contributed by atoms with Crippen molar-refractivity contribution in [2.75, 3.05) is 24.6 Å². The van der Waals surface area contributed by atoms with E-state index >= 15 is 0 Å². The maximum Gasteiger partial charge on any atom is 0.205 e. The Balaban J connectivity index is 1.95. The zero-order valence-corrected chi connectivity index (χ0v) is 14.0. The monoisotopic (exact) mass is 297 g/mol. The van der Waals surface area contributed by atoms with Crippen LogP contribution in [0.5, 0.6) is 0 Å². The molecule has 2 heterocycles. The second kappa shape index (κ2) is 6.85. The number of anilines is 1. The van der Waals surface area contributed by atoms with Gasteiger partial charge in [0.25, 0.3) is 0 Å².